The van der Waals surface area contributed by atoms with Gasteiger partial charge in [-0.25, -0.2) is 4.99 Å². The van der Waals surface area contributed by atoms with Crippen molar-refractivity contribution in [1.82, 2.24) is 16.0 Å². The minimum atomic E-state index is -0.714. The number of amides is 1. The molecule has 162 valence electrons. The molecule has 0 saturated carbocycles. The second-order valence-corrected chi connectivity index (χ2v) is 7.09. The Hall–Kier alpha value is -3.06. The fraction of sp³-hybridized carbons (Fsp3) is 0.391. The van der Waals surface area contributed by atoms with Gasteiger partial charge in [0.2, 0.25) is 5.91 Å². The van der Waals surface area contributed by atoms with Crippen LogP contribution in [0.4, 0.5) is 0 Å². The highest BCUT2D eigenvalue weighted by Gasteiger charge is 2.10. The van der Waals surface area contributed by atoms with Crippen LogP contribution in [0.5, 0.6) is 5.75 Å². The molecule has 0 aliphatic rings. The fourth-order valence-electron chi connectivity index (χ4n) is 2.70. The van der Waals surface area contributed by atoms with E-state index in [1.165, 1.54) is 0 Å². The van der Waals surface area contributed by atoms with Crippen LogP contribution in [0.3, 0.4) is 0 Å². The summed E-state index contributed by atoms with van der Waals surface area (Å²) in [5.41, 5.74) is 1.81. The summed E-state index contributed by atoms with van der Waals surface area (Å²) in [6.07, 6.45) is -0.611. The second kappa shape index (κ2) is 12.5. The third-order valence-electron chi connectivity index (χ3n) is 4.16. The second-order valence-electron chi connectivity index (χ2n) is 7.09. The van der Waals surface area contributed by atoms with Crippen LogP contribution >= 0.6 is 0 Å². The molecule has 7 heteroatoms. The van der Waals surface area contributed by atoms with Crippen molar-refractivity contribution in [1.29, 1.82) is 0 Å². The van der Waals surface area contributed by atoms with Crippen molar-refractivity contribution in [2.24, 2.45) is 4.99 Å². The molecule has 0 spiro atoms. The van der Waals surface area contributed by atoms with Crippen molar-refractivity contribution in [2.75, 3.05) is 19.6 Å². The quantitative estimate of drug-likeness (QED) is 0.355. The zero-order valence-corrected chi connectivity index (χ0v) is 17.9. The highest BCUT2D eigenvalue weighted by molar-refractivity contribution is 5.84. The minimum Gasteiger partial charge on any atom is -0.491 e. The number of rotatable bonds is 10. The zero-order chi connectivity index (χ0) is 21.8. The molecule has 0 bridgehead atoms. The van der Waals surface area contributed by atoms with Crippen molar-refractivity contribution >= 4 is 11.9 Å². The van der Waals surface area contributed by atoms with E-state index in [4.69, 9.17) is 4.74 Å². The number of carbonyl (C=O) groups is 1. The molecule has 4 N–H and O–H groups in total. The van der Waals surface area contributed by atoms with Gasteiger partial charge in [0.1, 0.15) is 12.3 Å². The topological polar surface area (TPSA) is 95.0 Å². The Kier molecular flexibility index (Phi) is 9.67. The molecule has 2 aromatic carbocycles. The lowest BCUT2D eigenvalue weighted by molar-refractivity contribution is -0.119. The Morgan fingerprint density at radius 3 is 2.37 bits per heavy atom. The van der Waals surface area contributed by atoms with Gasteiger partial charge in [-0.2, -0.15) is 0 Å². The number of benzene rings is 2. The molecule has 1 atom stereocenters. The number of ether oxygens (including phenoxy) is 1. The summed E-state index contributed by atoms with van der Waals surface area (Å²) >= 11 is 0. The van der Waals surface area contributed by atoms with Crippen LogP contribution in [0, 0.1) is 0 Å². The molecule has 7 nitrogen and oxygen atoms in total. The number of aliphatic hydroxyl groups is 1. The van der Waals surface area contributed by atoms with Crippen LogP contribution < -0.4 is 20.7 Å². The molecule has 0 aliphatic heterocycles. The van der Waals surface area contributed by atoms with E-state index < -0.39 is 6.10 Å². The standard InChI is InChI=1S/C23H32N4O3/c1-4-24-23(27-16-22(29)25-14-18-8-6-5-7-9-18)26-15-21(28)19-10-12-20(13-11-19)30-17(2)3/h5-13,17,21,28H,4,14-16H2,1-3H3,(H,25,29)(H2,24,26,27). The number of hydrogen-bond donors (Lipinski definition) is 4. The van der Waals surface area contributed by atoms with E-state index >= 15 is 0 Å². The Labute approximate surface area is 178 Å². The van der Waals surface area contributed by atoms with Crippen LogP contribution in [-0.2, 0) is 11.3 Å². The molecule has 30 heavy (non-hydrogen) atoms. The van der Waals surface area contributed by atoms with Gasteiger partial charge >= 0.3 is 0 Å². The van der Waals surface area contributed by atoms with Gasteiger partial charge in [-0.1, -0.05) is 42.5 Å². The first-order valence-corrected chi connectivity index (χ1v) is 10.3. The summed E-state index contributed by atoms with van der Waals surface area (Å²) in [7, 11) is 0. The van der Waals surface area contributed by atoms with Gasteiger partial charge in [0.05, 0.1) is 12.2 Å². The molecule has 0 saturated heterocycles. The first kappa shape index (κ1) is 23.2. The van der Waals surface area contributed by atoms with Gasteiger partial charge in [0.25, 0.3) is 0 Å². The maximum atomic E-state index is 12.1. The van der Waals surface area contributed by atoms with E-state index in [1.807, 2.05) is 75.4 Å². The lowest BCUT2D eigenvalue weighted by Crippen LogP contribution is -2.40. The van der Waals surface area contributed by atoms with Crippen molar-refractivity contribution in [3.8, 4) is 5.75 Å². The maximum absolute atomic E-state index is 12.1. The molecule has 1 unspecified atom stereocenters. The molecule has 0 heterocycles. The molecular formula is C23H32N4O3. The highest BCUT2D eigenvalue weighted by atomic mass is 16.5. The summed E-state index contributed by atoms with van der Waals surface area (Å²) in [6, 6.07) is 17.1. The SMILES string of the molecule is CCNC(=NCC(=O)NCc1ccccc1)NCC(O)c1ccc(OC(C)C)cc1. The van der Waals surface area contributed by atoms with Crippen molar-refractivity contribution < 1.29 is 14.6 Å². The Bertz CT molecular complexity index is 792. The Morgan fingerprint density at radius 2 is 1.73 bits per heavy atom. The first-order chi connectivity index (χ1) is 14.5. The van der Waals surface area contributed by atoms with Gasteiger partial charge < -0.3 is 25.8 Å². The summed E-state index contributed by atoms with van der Waals surface area (Å²) < 4.78 is 5.62. The predicted octanol–water partition coefficient (Wildman–Crippen LogP) is 2.38. The van der Waals surface area contributed by atoms with Crippen LogP contribution in [0.2, 0.25) is 0 Å². The van der Waals surface area contributed by atoms with Crippen molar-refractivity contribution in [3.63, 3.8) is 0 Å². The van der Waals surface area contributed by atoms with Gasteiger partial charge in [-0.15, -0.1) is 0 Å². The van der Waals surface area contributed by atoms with Crippen LogP contribution in [0.25, 0.3) is 0 Å². The Morgan fingerprint density at radius 1 is 1.03 bits per heavy atom. The lowest BCUT2D eigenvalue weighted by atomic mass is 10.1. The third kappa shape index (κ3) is 8.53. The van der Waals surface area contributed by atoms with E-state index in [1.54, 1.807) is 0 Å². The maximum Gasteiger partial charge on any atom is 0.242 e. The minimum absolute atomic E-state index is 0.000496. The predicted molar refractivity (Wildman–Crippen MR) is 119 cm³/mol. The van der Waals surface area contributed by atoms with E-state index in [9.17, 15) is 9.90 Å². The smallest absolute Gasteiger partial charge is 0.242 e. The van der Waals surface area contributed by atoms with Crippen molar-refractivity contribution in [2.45, 2.75) is 39.5 Å². The van der Waals surface area contributed by atoms with Gasteiger partial charge in [-0.3, -0.25) is 4.79 Å². The summed E-state index contributed by atoms with van der Waals surface area (Å²) in [5, 5.41) is 19.4. The Balaban J connectivity index is 1.82. The fourth-order valence-corrected chi connectivity index (χ4v) is 2.70. The highest BCUT2D eigenvalue weighted by Crippen LogP contribution is 2.18. The number of carbonyl (C=O) groups excluding carboxylic acids is 1. The number of guanidine groups is 1. The molecule has 2 aromatic rings. The van der Waals surface area contributed by atoms with Crippen molar-refractivity contribution in [3.05, 3.63) is 65.7 Å². The number of aliphatic imine (C=N–C) groups is 1. The molecular weight excluding hydrogens is 380 g/mol. The molecule has 0 aromatic heterocycles. The van der Waals surface area contributed by atoms with Gasteiger partial charge in [0, 0.05) is 19.6 Å². The summed E-state index contributed by atoms with van der Waals surface area (Å²) in [5.74, 6) is 1.08. The third-order valence-corrected chi connectivity index (χ3v) is 4.16. The molecule has 1 amide bonds. The first-order valence-electron chi connectivity index (χ1n) is 10.3. The van der Waals surface area contributed by atoms with Crippen LogP contribution in [-0.4, -0.2) is 42.7 Å². The number of hydrogen-bond acceptors (Lipinski definition) is 4. The van der Waals surface area contributed by atoms with E-state index in [-0.39, 0.29) is 25.1 Å². The normalized spacial score (nSPS) is 12.4. The van der Waals surface area contributed by atoms with E-state index in [2.05, 4.69) is 20.9 Å². The summed E-state index contributed by atoms with van der Waals surface area (Å²) in [4.78, 5) is 16.3. The number of nitrogens with one attached hydrogen (secondary N) is 3. The van der Waals surface area contributed by atoms with Crippen LogP contribution in [0.1, 0.15) is 38.0 Å². The monoisotopic (exact) mass is 412 g/mol. The largest absolute Gasteiger partial charge is 0.491 e. The van der Waals surface area contributed by atoms with E-state index in [0.717, 1.165) is 16.9 Å². The van der Waals surface area contributed by atoms with Gasteiger partial charge in [-0.05, 0) is 44.0 Å². The lowest BCUT2D eigenvalue weighted by Gasteiger charge is -2.16. The number of aliphatic hydroxyl groups excluding tert-OH is 1. The van der Waals surface area contributed by atoms with Crippen LogP contribution in [0.15, 0.2) is 59.6 Å². The molecule has 0 radical (unpaired) electrons. The molecule has 2 rings (SSSR count). The van der Waals surface area contributed by atoms with E-state index in [0.29, 0.717) is 19.0 Å². The average molecular weight is 413 g/mol. The van der Waals surface area contributed by atoms with Gasteiger partial charge in [0.15, 0.2) is 5.96 Å². The molecule has 0 aliphatic carbocycles. The zero-order valence-electron chi connectivity index (χ0n) is 17.9. The average Bonchev–Trinajstić information content (AvgIpc) is 2.75. The molecule has 0 fully saturated rings. The number of nitrogens with zero attached hydrogens (tertiary/aromatic N) is 1. The summed E-state index contributed by atoms with van der Waals surface area (Å²) in [6.45, 7) is 7.26.